The summed E-state index contributed by atoms with van der Waals surface area (Å²) in [5, 5.41) is 2.75. The SMILES string of the molecule is C=C(C)C(=O)N(CCC)CCCCCCCCCCCCCCCC.CNC.[Cl-]. The summed E-state index contributed by atoms with van der Waals surface area (Å²) in [7, 11) is 3.75. The van der Waals surface area contributed by atoms with Gasteiger partial charge >= 0.3 is 0 Å². The zero-order valence-electron chi connectivity index (χ0n) is 20.5. The van der Waals surface area contributed by atoms with Gasteiger partial charge in [-0.15, -0.1) is 0 Å². The molecule has 0 saturated carbocycles. The summed E-state index contributed by atoms with van der Waals surface area (Å²) in [4.78, 5) is 14.0. The molecule has 29 heavy (non-hydrogen) atoms. The number of carbonyl (C=O) groups is 1. The van der Waals surface area contributed by atoms with Crippen molar-refractivity contribution < 1.29 is 17.2 Å². The van der Waals surface area contributed by atoms with Crippen molar-refractivity contribution in [3.8, 4) is 0 Å². The van der Waals surface area contributed by atoms with Gasteiger partial charge < -0.3 is 22.6 Å². The van der Waals surface area contributed by atoms with Crippen LogP contribution < -0.4 is 17.7 Å². The summed E-state index contributed by atoms with van der Waals surface area (Å²) in [5.41, 5.74) is 0.666. The van der Waals surface area contributed by atoms with Crippen molar-refractivity contribution in [2.24, 2.45) is 0 Å². The lowest BCUT2D eigenvalue weighted by atomic mass is 10.0. The Morgan fingerprint density at radius 2 is 1.03 bits per heavy atom. The van der Waals surface area contributed by atoms with Crippen molar-refractivity contribution >= 4 is 5.91 Å². The van der Waals surface area contributed by atoms with Crippen LogP contribution in [0.5, 0.6) is 0 Å². The molecule has 1 amide bonds. The molecule has 0 saturated heterocycles. The number of nitrogens with zero attached hydrogens (tertiary/aromatic N) is 1. The number of rotatable bonds is 18. The number of carbonyl (C=O) groups excluding carboxylic acids is 1. The van der Waals surface area contributed by atoms with Crippen LogP contribution in [-0.4, -0.2) is 38.0 Å². The average Bonchev–Trinajstić information content (AvgIpc) is 2.67. The van der Waals surface area contributed by atoms with E-state index in [1.54, 1.807) is 0 Å². The van der Waals surface area contributed by atoms with Crippen LogP contribution in [-0.2, 0) is 4.79 Å². The molecule has 0 unspecified atom stereocenters. The summed E-state index contributed by atoms with van der Waals surface area (Å²) in [5.74, 6) is 0.136. The minimum atomic E-state index is 0. The molecule has 0 aliphatic heterocycles. The molecule has 0 rings (SSSR count). The lowest BCUT2D eigenvalue weighted by molar-refractivity contribution is -0.127. The Balaban J connectivity index is -0.00000158. The maximum absolute atomic E-state index is 12.0. The zero-order chi connectivity index (χ0) is 21.5. The molecule has 0 spiro atoms. The first-order valence-electron chi connectivity index (χ1n) is 12.1. The summed E-state index contributed by atoms with van der Waals surface area (Å²) >= 11 is 0. The van der Waals surface area contributed by atoms with Gasteiger partial charge in [-0.05, 0) is 33.9 Å². The lowest BCUT2D eigenvalue weighted by Gasteiger charge is -2.22. The van der Waals surface area contributed by atoms with Crippen molar-refractivity contribution in [3.63, 3.8) is 0 Å². The molecule has 0 radical (unpaired) electrons. The monoisotopic (exact) mass is 431 g/mol. The third kappa shape index (κ3) is 25.4. The second-order valence-electron chi connectivity index (χ2n) is 8.17. The largest absolute Gasteiger partial charge is 1.00 e. The van der Waals surface area contributed by atoms with E-state index in [4.69, 9.17) is 0 Å². The summed E-state index contributed by atoms with van der Waals surface area (Å²) < 4.78 is 0. The first-order valence-corrected chi connectivity index (χ1v) is 12.1. The van der Waals surface area contributed by atoms with Gasteiger partial charge in [0.2, 0.25) is 5.91 Å². The van der Waals surface area contributed by atoms with E-state index >= 15 is 0 Å². The number of hydrogen-bond donors (Lipinski definition) is 1. The zero-order valence-corrected chi connectivity index (χ0v) is 21.2. The van der Waals surface area contributed by atoms with Gasteiger partial charge in [0.15, 0.2) is 0 Å². The predicted molar refractivity (Wildman–Crippen MR) is 127 cm³/mol. The fourth-order valence-corrected chi connectivity index (χ4v) is 3.35. The highest BCUT2D eigenvalue weighted by molar-refractivity contribution is 5.92. The Morgan fingerprint density at radius 3 is 1.34 bits per heavy atom. The molecular weight excluding hydrogens is 380 g/mol. The Morgan fingerprint density at radius 1 is 0.690 bits per heavy atom. The number of nitrogens with one attached hydrogen (secondary N) is 1. The third-order valence-corrected chi connectivity index (χ3v) is 4.93. The Hall–Kier alpha value is -0.540. The molecule has 0 heterocycles. The highest BCUT2D eigenvalue weighted by atomic mass is 35.5. The number of amides is 1. The molecule has 0 aromatic rings. The second-order valence-corrected chi connectivity index (χ2v) is 8.17. The van der Waals surface area contributed by atoms with Crippen molar-refractivity contribution in [1.82, 2.24) is 10.2 Å². The van der Waals surface area contributed by atoms with E-state index < -0.39 is 0 Å². The van der Waals surface area contributed by atoms with E-state index in [1.165, 1.54) is 83.5 Å². The van der Waals surface area contributed by atoms with E-state index in [2.05, 4.69) is 25.7 Å². The summed E-state index contributed by atoms with van der Waals surface area (Å²) in [6.45, 7) is 11.8. The highest BCUT2D eigenvalue weighted by Crippen LogP contribution is 2.13. The summed E-state index contributed by atoms with van der Waals surface area (Å²) in [6.07, 6.45) is 20.3. The van der Waals surface area contributed by atoms with E-state index in [0.717, 1.165) is 25.9 Å². The Labute approximate surface area is 189 Å². The fraction of sp³-hybridized carbons (Fsp3) is 0.880. The minimum absolute atomic E-state index is 0. The molecular formula is C25H52ClN2O-. The van der Waals surface area contributed by atoms with Crippen LogP contribution in [0.25, 0.3) is 0 Å². The first kappa shape index (κ1) is 33.1. The maximum Gasteiger partial charge on any atom is 0.248 e. The highest BCUT2D eigenvalue weighted by Gasteiger charge is 2.12. The average molecular weight is 432 g/mol. The van der Waals surface area contributed by atoms with Gasteiger partial charge in [-0.3, -0.25) is 4.79 Å². The van der Waals surface area contributed by atoms with Gasteiger partial charge in [-0.2, -0.15) is 0 Å². The van der Waals surface area contributed by atoms with Gasteiger partial charge in [0.25, 0.3) is 0 Å². The quantitative estimate of drug-likeness (QED) is 0.261. The molecule has 3 nitrogen and oxygen atoms in total. The minimum Gasteiger partial charge on any atom is -1.00 e. The molecule has 0 aliphatic carbocycles. The molecule has 0 bridgehead atoms. The van der Waals surface area contributed by atoms with Crippen molar-refractivity contribution in [1.29, 1.82) is 0 Å². The molecule has 0 atom stereocenters. The second kappa shape index (κ2) is 27.5. The van der Waals surface area contributed by atoms with E-state index in [0.29, 0.717) is 5.57 Å². The van der Waals surface area contributed by atoms with Crippen LogP contribution in [0.1, 0.15) is 117 Å². The van der Waals surface area contributed by atoms with Gasteiger partial charge in [0.1, 0.15) is 0 Å². The lowest BCUT2D eigenvalue weighted by Crippen LogP contribution is -3.00. The fourth-order valence-electron chi connectivity index (χ4n) is 3.35. The van der Waals surface area contributed by atoms with Crippen molar-refractivity contribution in [2.75, 3.05) is 27.2 Å². The van der Waals surface area contributed by atoms with Crippen LogP contribution in [0.4, 0.5) is 0 Å². The van der Waals surface area contributed by atoms with Gasteiger partial charge in [0, 0.05) is 18.7 Å². The first-order chi connectivity index (χ1) is 13.5. The number of halogens is 1. The van der Waals surface area contributed by atoms with Crippen LogP contribution in [0.3, 0.4) is 0 Å². The molecule has 1 N–H and O–H groups in total. The Bertz CT molecular complexity index is 348. The normalized spacial score (nSPS) is 9.97. The topological polar surface area (TPSA) is 32.3 Å². The van der Waals surface area contributed by atoms with Crippen LogP contribution in [0.2, 0.25) is 0 Å². The van der Waals surface area contributed by atoms with E-state index in [9.17, 15) is 4.79 Å². The molecule has 0 aliphatic rings. The van der Waals surface area contributed by atoms with Gasteiger partial charge in [0.05, 0.1) is 0 Å². The van der Waals surface area contributed by atoms with Gasteiger partial charge in [-0.1, -0.05) is 104 Å². The smallest absolute Gasteiger partial charge is 0.248 e. The van der Waals surface area contributed by atoms with Crippen LogP contribution >= 0.6 is 0 Å². The molecule has 0 fully saturated rings. The molecule has 0 aromatic heterocycles. The third-order valence-electron chi connectivity index (χ3n) is 4.93. The van der Waals surface area contributed by atoms with Crippen LogP contribution in [0.15, 0.2) is 12.2 Å². The summed E-state index contributed by atoms with van der Waals surface area (Å²) in [6, 6.07) is 0. The number of hydrogen-bond acceptors (Lipinski definition) is 2. The van der Waals surface area contributed by atoms with Crippen molar-refractivity contribution in [3.05, 3.63) is 12.2 Å². The van der Waals surface area contributed by atoms with E-state index in [1.807, 2.05) is 25.9 Å². The Kier molecular flexibility index (Phi) is 31.3. The molecule has 176 valence electrons. The van der Waals surface area contributed by atoms with Gasteiger partial charge in [-0.25, -0.2) is 0 Å². The van der Waals surface area contributed by atoms with Crippen LogP contribution in [0, 0.1) is 0 Å². The standard InChI is InChI=1S/C23H45NO.C2H7N.ClH/c1-5-7-8-9-10-11-12-13-14-15-16-17-18-19-21-24(20-6-2)23(25)22(3)4;1-3-2;/h3,5-21H2,1-2,4H3;3H,1-2H3;1H/p-1. The molecule has 0 aromatic carbocycles. The van der Waals surface area contributed by atoms with E-state index in [-0.39, 0.29) is 18.3 Å². The van der Waals surface area contributed by atoms with Crippen molar-refractivity contribution in [2.45, 2.75) is 117 Å². The molecule has 4 heteroatoms. The predicted octanol–water partition coefficient (Wildman–Crippen LogP) is 4.12. The number of unbranched alkanes of at least 4 members (excludes halogenated alkanes) is 13. The maximum atomic E-state index is 12.0.